The summed E-state index contributed by atoms with van der Waals surface area (Å²) in [7, 11) is 0. The number of halogens is 1. The summed E-state index contributed by atoms with van der Waals surface area (Å²) in [5, 5.41) is 3.67. The number of carbonyl (C=O) groups excluding carboxylic acids is 2. The van der Waals surface area contributed by atoms with E-state index in [-0.39, 0.29) is 22.5 Å². The molecule has 2 atom stereocenters. The molecule has 0 aliphatic heterocycles. The number of fused-ring (bicyclic) bond motifs is 2. The third kappa shape index (κ3) is 1.81. The van der Waals surface area contributed by atoms with E-state index in [1.807, 2.05) is 31.2 Å². The van der Waals surface area contributed by atoms with Gasteiger partial charge in [0.05, 0.1) is 5.41 Å². The van der Waals surface area contributed by atoms with E-state index in [9.17, 15) is 9.59 Å². The van der Waals surface area contributed by atoms with Gasteiger partial charge in [-0.05, 0) is 29.9 Å². The second-order valence-corrected chi connectivity index (χ2v) is 7.82. The topological polar surface area (TPSA) is 46.2 Å². The van der Waals surface area contributed by atoms with Gasteiger partial charge in [-0.3, -0.25) is 9.59 Å². The van der Waals surface area contributed by atoms with E-state index in [0.29, 0.717) is 18.0 Å². The minimum atomic E-state index is -0.569. The maximum atomic E-state index is 12.9. The molecule has 0 radical (unpaired) electrons. The monoisotopic (exact) mass is 319 g/mol. The molecule has 0 saturated heterocycles. The van der Waals surface area contributed by atoms with E-state index in [4.69, 9.17) is 11.6 Å². The second-order valence-electron chi connectivity index (χ2n) is 7.41. The first-order valence-electron chi connectivity index (χ1n) is 7.80. The Morgan fingerprint density at radius 2 is 1.91 bits per heavy atom. The first-order valence-corrected chi connectivity index (χ1v) is 8.17. The van der Waals surface area contributed by atoms with Gasteiger partial charge in [0.15, 0.2) is 0 Å². The number of hydrogen-bond acceptors (Lipinski definition) is 2. The predicted molar refractivity (Wildman–Crippen MR) is 86.5 cm³/mol. The lowest BCUT2D eigenvalue weighted by Gasteiger charge is -2.38. The van der Waals surface area contributed by atoms with E-state index in [1.54, 1.807) is 0 Å². The molecular formula is C18H22ClNO2. The molecule has 2 aliphatic rings. The fraction of sp³-hybridized carbons (Fsp3) is 0.556. The average molecular weight is 320 g/mol. The third-order valence-corrected chi connectivity index (χ3v) is 6.91. The van der Waals surface area contributed by atoms with Gasteiger partial charge in [0.2, 0.25) is 5.91 Å². The molecule has 4 heteroatoms. The van der Waals surface area contributed by atoms with Crippen molar-refractivity contribution in [3.05, 3.63) is 34.9 Å². The number of carbonyl (C=O) groups is 2. The zero-order chi connectivity index (χ0) is 16.2. The zero-order valence-corrected chi connectivity index (χ0v) is 14.1. The Kier molecular flexibility index (Phi) is 3.41. The molecule has 1 amide bonds. The van der Waals surface area contributed by atoms with E-state index in [2.05, 4.69) is 19.2 Å². The molecule has 1 aromatic rings. The summed E-state index contributed by atoms with van der Waals surface area (Å²) in [6, 6.07) is 7.50. The highest BCUT2D eigenvalue weighted by atomic mass is 35.5. The van der Waals surface area contributed by atoms with Crippen LogP contribution in [-0.4, -0.2) is 11.7 Å². The molecule has 2 bridgehead atoms. The standard InChI is InChI=1S/C18H22ClNO2/c1-16(2)17(3)8-9-18(16,10-14(17)21)15(22)20-11-12-6-4-5-7-13(12)19/h4-7H,8-11H2,1-3H3,(H,20,22)/t17-,18+/m1/s1. The van der Waals surface area contributed by atoms with Crippen LogP contribution in [0.4, 0.5) is 0 Å². The second kappa shape index (κ2) is 4.82. The molecule has 0 spiro atoms. The van der Waals surface area contributed by atoms with Crippen molar-refractivity contribution < 1.29 is 9.59 Å². The van der Waals surface area contributed by atoms with Gasteiger partial charge in [0.1, 0.15) is 5.78 Å². The highest BCUT2D eigenvalue weighted by molar-refractivity contribution is 6.31. The Balaban J connectivity index is 1.81. The van der Waals surface area contributed by atoms with Gasteiger partial charge in [-0.1, -0.05) is 50.6 Å². The molecule has 3 nitrogen and oxygen atoms in total. The maximum Gasteiger partial charge on any atom is 0.227 e. The summed E-state index contributed by atoms with van der Waals surface area (Å²) in [6.07, 6.45) is 1.96. The number of ketones is 1. The molecule has 2 fully saturated rings. The van der Waals surface area contributed by atoms with Gasteiger partial charge in [-0.15, -0.1) is 0 Å². The van der Waals surface area contributed by atoms with E-state index in [0.717, 1.165) is 18.4 Å². The largest absolute Gasteiger partial charge is 0.351 e. The van der Waals surface area contributed by atoms with Crippen molar-refractivity contribution >= 4 is 23.3 Å². The average Bonchev–Trinajstić information content (AvgIpc) is 2.76. The van der Waals surface area contributed by atoms with Gasteiger partial charge in [-0.25, -0.2) is 0 Å². The highest BCUT2D eigenvalue weighted by Crippen LogP contribution is 2.70. The molecular weight excluding hydrogens is 298 g/mol. The van der Waals surface area contributed by atoms with Crippen LogP contribution in [0, 0.1) is 16.2 Å². The van der Waals surface area contributed by atoms with Crippen LogP contribution >= 0.6 is 11.6 Å². The lowest BCUT2D eigenvalue weighted by atomic mass is 9.64. The summed E-state index contributed by atoms with van der Waals surface area (Å²) < 4.78 is 0. The number of hydrogen-bond donors (Lipinski definition) is 1. The zero-order valence-electron chi connectivity index (χ0n) is 13.3. The molecule has 1 N–H and O–H groups in total. The van der Waals surface area contributed by atoms with E-state index in [1.165, 1.54) is 0 Å². The maximum absolute atomic E-state index is 12.9. The molecule has 1 aromatic carbocycles. The molecule has 3 rings (SSSR count). The fourth-order valence-electron chi connectivity index (χ4n) is 4.35. The summed E-state index contributed by atoms with van der Waals surface area (Å²) in [5.41, 5.74) is -0.340. The molecule has 118 valence electrons. The molecule has 22 heavy (non-hydrogen) atoms. The number of rotatable bonds is 3. The molecule has 0 unspecified atom stereocenters. The van der Waals surface area contributed by atoms with Gasteiger partial charge in [-0.2, -0.15) is 0 Å². The lowest BCUT2D eigenvalue weighted by Crippen LogP contribution is -2.46. The Morgan fingerprint density at radius 3 is 2.45 bits per heavy atom. The van der Waals surface area contributed by atoms with Crippen molar-refractivity contribution in [3.8, 4) is 0 Å². The minimum absolute atomic E-state index is 0.00741. The van der Waals surface area contributed by atoms with Crippen molar-refractivity contribution in [1.82, 2.24) is 5.32 Å². The number of amides is 1. The Labute approximate surface area is 136 Å². The quantitative estimate of drug-likeness (QED) is 0.922. The van der Waals surface area contributed by atoms with Crippen LogP contribution < -0.4 is 5.32 Å². The summed E-state index contributed by atoms with van der Waals surface area (Å²) in [5.74, 6) is 0.226. The number of nitrogens with one attached hydrogen (secondary N) is 1. The first kappa shape index (κ1) is 15.5. The van der Waals surface area contributed by atoms with Crippen LogP contribution in [0.25, 0.3) is 0 Å². The van der Waals surface area contributed by atoms with Gasteiger partial charge < -0.3 is 5.32 Å². The van der Waals surface area contributed by atoms with Crippen LogP contribution in [0.15, 0.2) is 24.3 Å². The fourth-order valence-corrected chi connectivity index (χ4v) is 4.55. The molecule has 2 saturated carbocycles. The van der Waals surface area contributed by atoms with Crippen molar-refractivity contribution in [2.24, 2.45) is 16.2 Å². The van der Waals surface area contributed by atoms with Gasteiger partial charge in [0, 0.05) is 23.4 Å². The Morgan fingerprint density at radius 1 is 1.23 bits per heavy atom. The predicted octanol–water partition coefficient (Wildman–Crippen LogP) is 3.74. The van der Waals surface area contributed by atoms with Gasteiger partial charge in [0.25, 0.3) is 0 Å². The Bertz CT molecular complexity index is 654. The van der Waals surface area contributed by atoms with Crippen molar-refractivity contribution in [2.75, 3.05) is 0 Å². The van der Waals surface area contributed by atoms with Crippen LogP contribution in [0.2, 0.25) is 5.02 Å². The molecule has 0 aromatic heterocycles. The van der Waals surface area contributed by atoms with Crippen LogP contribution in [-0.2, 0) is 16.1 Å². The van der Waals surface area contributed by atoms with Crippen molar-refractivity contribution in [3.63, 3.8) is 0 Å². The van der Waals surface area contributed by atoms with E-state index >= 15 is 0 Å². The Hall–Kier alpha value is -1.35. The van der Waals surface area contributed by atoms with Crippen LogP contribution in [0.1, 0.15) is 45.6 Å². The number of benzene rings is 1. The minimum Gasteiger partial charge on any atom is -0.351 e. The van der Waals surface area contributed by atoms with Crippen LogP contribution in [0.5, 0.6) is 0 Å². The highest BCUT2D eigenvalue weighted by Gasteiger charge is 2.72. The lowest BCUT2D eigenvalue weighted by molar-refractivity contribution is -0.136. The summed E-state index contributed by atoms with van der Waals surface area (Å²) in [4.78, 5) is 25.3. The third-order valence-electron chi connectivity index (χ3n) is 6.54. The van der Waals surface area contributed by atoms with Gasteiger partial charge >= 0.3 is 0 Å². The normalized spacial score (nSPS) is 32.3. The summed E-state index contributed by atoms with van der Waals surface area (Å²) >= 11 is 6.14. The first-order chi connectivity index (χ1) is 10.2. The number of Topliss-reactive ketones (excluding diaryl/α,β-unsaturated/α-hetero) is 1. The van der Waals surface area contributed by atoms with Crippen molar-refractivity contribution in [1.29, 1.82) is 0 Å². The molecule has 2 aliphatic carbocycles. The van der Waals surface area contributed by atoms with Crippen LogP contribution in [0.3, 0.4) is 0 Å². The molecule has 0 heterocycles. The van der Waals surface area contributed by atoms with E-state index < -0.39 is 5.41 Å². The SMILES string of the molecule is CC1(C)[C@@]2(C(=O)NCc3ccccc3Cl)CC[C@]1(C)C(=O)C2. The smallest absolute Gasteiger partial charge is 0.227 e. The van der Waals surface area contributed by atoms with Crippen molar-refractivity contribution in [2.45, 2.75) is 46.6 Å². The summed E-state index contributed by atoms with van der Waals surface area (Å²) in [6.45, 7) is 6.56.